The third kappa shape index (κ3) is 4.23. The quantitative estimate of drug-likeness (QED) is 0.547. The van der Waals surface area contributed by atoms with Crippen LogP contribution in [0.15, 0.2) is 0 Å². The largest absolute Gasteiger partial charge is 0.414 e. The molecule has 0 amide bonds. The summed E-state index contributed by atoms with van der Waals surface area (Å²) in [5, 5.41) is 0.161. The van der Waals surface area contributed by atoms with Gasteiger partial charge in [-0.2, -0.15) is 0 Å². The van der Waals surface area contributed by atoms with E-state index in [1.807, 2.05) is 13.8 Å². The molecule has 2 heterocycles. The molecule has 0 aliphatic carbocycles. The molecule has 2 saturated heterocycles. The maximum Gasteiger partial charge on any atom is 0.192 e. The fourth-order valence-corrected chi connectivity index (χ4v) is 3.89. The van der Waals surface area contributed by atoms with E-state index in [0.29, 0.717) is 19.4 Å². The molecular weight excluding hydrogens is 312 g/mol. The third-order valence-corrected chi connectivity index (χ3v) is 9.73. The van der Waals surface area contributed by atoms with Crippen molar-refractivity contribution in [2.75, 3.05) is 6.61 Å². The van der Waals surface area contributed by atoms with Crippen molar-refractivity contribution in [2.45, 2.75) is 95.8 Å². The summed E-state index contributed by atoms with van der Waals surface area (Å²) in [6, 6.07) is 0. The lowest BCUT2D eigenvalue weighted by Crippen LogP contribution is -2.44. The summed E-state index contributed by atoms with van der Waals surface area (Å²) >= 11 is 0. The average Bonchev–Trinajstić information content (AvgIpc) is 2.87. The SMILES string of the molecule is CC1(C)OC2C(O1)[C@@H](CO[Si](C)(C)C(C)(C)C)O[C@H]2CCC=O. The van der Waals surface area contributed by atoms with Crippen molar-refractivity contribution in [1.29, 1.82) is 0 Å². The summed E-state index contributed by atoms with van der Waals surface area (Å²) < 4.78 is 24.5. The van der Waals surface area contributed by atoms with Gasteiger partial charge in [0.1, 0.15) is 24.6 Å². The summed E-state index contributed by atoms with van der Waals surface area (Å²) in [7, 11) is -1.83. The molecule has 0 aromatic rings. The maximum absolute atomic E-state index is 10.7. The van der Waals surface area contributed by atoms with Gasteiger partial charge in [-0.15, -0.1) is 0 Å². The Kier molecular flexibility index (Phi) is 5.43. The number of carbonyl (C=O) groups excluding carboxylic acids is 1. The molecule has 2 fully saturated rings. The van der Waals surface area contributed by atoms with E-state index in [4.69, 9.17) is 18.6 Å². The van der Waals surface area contributed by atoms with E-state index in [0.717, 1.165) is 6.29 Å². The topological polar surface area (TPSA) is 54.0 Å². The Labute approximate surface area is 141 Å². The van der Waals surface area contributed by atoms with Gasteiger partial charge in [0.25, 0.3) is 0 Å². The molecule has 5 nitrogen and oxygen atoms in total. The molecular formula is C17H32O5Si. The van der Waals surface area contributed by atoms with Crippen molar-refractivity contribution < 1.29 is 23.4 Å². The summed E-state index contributed by atoms with van der Waals surface area (Å²) in [5.74, 6) is -0.603. The van der Waals surface area contributed by atoms with Crippen LogP contribution in [0.5, 0.6) is 0 Å². The molecule has 6 heteroatoms. The van der Waals surface area contributed by atoms with Gasteiger partial charge < -0.3 is 23.4 Å². The normalized spacial score (nSPS) is 33.7. The minimum atomic E-state index is -1.83. The fraction of sp³-hybridized carbons (Fsp3) is 0.941. The summed E-state index contributed by atoms with van der Waals surface area (Å²) in [4.78, 5) is 10.7. The molecule has 0 bridgehead atoms. The molecule has 0 aromatic carbocycles. The van der Waals surface area contributed by atoms with Gasteiger partial charge in [0.2, 0.25) is 0 Å². The van der Waals surface area contributed by atoms with Crippen LogP contribution in [0.1, 0.15) is 47.5 Å². The van der Waals surface area contributed by atoms with Crippen molar-refractivity contribution in [3.63, 3.8) is 0 Å². The van der Waals surface area contributed by atoms with Gasteiger partial charge in [0, 0.05) is 6.42 Å². The third-order valence-electron chi connectivity index (χ3n) is 5.23. The molecule has 0 radical (unpaired) electrons. The number of hydrogen-bond donors (Lipinski definition) is 0. The molecule has 23 heavy (non-hydrogen) atoms. The van der Waals surface area contributed by atoms with Crippen LogP contribution >= 0.6 is 0 Å². The minimum absolute atomic E-state index is 0.0972. The minimum Gasteiger partial charge on any atom is -0.414 e. The molecule has 2 rings (SSSR count). The van der Waals surface area contributed by atoms with Crippen LogP contribution in [0.25, 0.3) is 0 Å². The Bertz CT molecular complexity index is 429. The molecule has 0 N–H and O–H groups in total. The number of hydrogen-bond acceptors (Lipinski definition) is 5. The highest BCUT2D eigenvalue weighted by Crippen LogP contribution is 2.41. The summed E-state index contributed by atoms with van der Waals surface area (Å²) in [6.45, 7) is 15.5. The highest BCUT2D eigenvalue weighted by molar-refractivity contribution is 6.74. The Hall–Kier alpha value is -0.273. The van der Waals surface area contributed by atoms with Crippen LogP contribution in [-0.2, 0) is 23.4 Å². The van der Waals surface area contributed by atoms with E-state index in [9.17, 15) is 4.79 Å². The number of aldehydes is 1. The molecule has 2 aliphatic rings. The summed E-state index contributed by atoms with van der Waals surface area (Å²) in [5.41, 5.74) is 0. The fourth-order valence-electron chi connectivity index (χ4n) is 2.88. The van der Waals surface area contributed by atoms with Crippen LogP contribution in [-0.4, -0.2) is 51.4 Å². The van der Waals surface area contributed by atoms with Crippen LogP contribution < -0.4 is 0 Å². The van der Waals surface area contributed by atoms with Gasteiger partial charge in [0.15, 0.2) is 14.1 Å². The second kappa shape index (κ2) is 6.56. The van der Waals surface area contributed by atoms with E-state index in [1.54, 1.807) is 0 Å². The Morgan fingerprint density at radius 2 is 1.70 bits per heavy atom. The van der Waals surface area contributed by atoms with Gasteiger partial charge in [-0.1, -0.05) is 20.8 Å². The van der Waals surface area contributed by atoms with E-state index >= 15 is 0 Å². The van der Waals surface area contributed by atoms with Gasteiger partial charge in [-0.05, 0) is 38.4 Å². The predicted octanol–water partition coefficient (Wildman–Crippen LogP) is 3.27. The average molecular weight is 345 g/mol. The van der Waals surface area contributed by atoms with Gasteiger partial charge in [-0.25, -0.2) is 0 Å². The molecule has 0 aromatic heterocycles. The molecule has 4 atom stereocenters. The first-order chi connectivity index (χ1) is 10.5. The number of carbonyl (C=O) groups is 1. The second-order valence-electron chi connectivity index (χ2n) is 8.59. The lowest BCUT2D eigenvalue weighted by Gasteiger charge is -2.37. The zero-order chi connectivity index (χ0) is 17.5. The smallest absolute Gasteiger partial charge is 0.192 e. The highest BCUT2D eigenvalue weighted by Gasteiger charge is 2.55. The number of fused-ring (bicyclic) bond motifs is 1. The van der Waals surface area contributed by atoms with Crippen molar-refractivity contribution in [3.05, 3.63) is 0 Å². The monoisotopic (exact) mass is 344 g/mol. The zero-order valence-electron chi connectivity index (χ0n) is 15.5. The van der Waals surface area contributed by atoms with E-state index < -0.39 is 14.1 Å². The van der Waals surface area contributed by atoms with Gasteiger partial charge in [0.05, 0.1) is 12.7 Å². The van der Waals surface area contributed by atoms with Crippen LogP contribution in [0.3, 0.4) is 0 Å². The van der Waals surface area contributed by atoms with Crippen LogP contribution in [0.4, 0.5) is 0 Å². The Morgan fingerprint density at radius 3 is 2.22 bits per heavy atom. The Balaban J connectivity index is 2.03. The molecule has 134 valence electrons. The molecule has 2 unspecified atom stereocenters. The molecule has 0 spiro atoms. The first-order valence-corrected chi connectivity index (χ1v) is 11.5. The second-order valence-corrected chi connectivity index (χ2v) is 13.4. The van der Waals surface area contributed by atoms with Crippen molar-refractivity contribution in [1.82, 2.24) is 0 Å². The van der Waals surface area contributed by atoms with Crippen molar-refractivity contribution in [2.24, 2.45) is 0 Å². The molecule has 0 saturated carbocycles. The summed E-state index contributed by atoms with van der Waals surface area (Å²) in [6.07, 6.45) is 1.62. The van der Waals surface area contributed by atoms with Crippen molar-refractivity contribution >= 4 is 14.6 Å². The standard InChI is InChI=1S/C17H32O5Si/c1-16(2,3)23(6,7)19-11-13-15-14(21-17(4,5)22-15)12(20-13)9-8-10-18/h10,12-15H,8-9,11H2,1-7H3/t12-,13+,14?,15?/m0/s1. The van der Waals surface area contributed by atoms with Crippen molar-refractivity contribution in [3.8, 4) is 0 Å². The lowest BCUT2D eigenvalue weighted by molar-refractivity contribution is -0.190. The first-order valence-electron chi connectivity index (χ1n) is 8.55. The lowest BCUT2D eigenvalue weighted by atomic mass is 10.1. The van der Waals surface area contributed by atoms with E-state index in [-0.39, 0.29) is 29.5 Å². The highest BCUT2D eigenvalue weighted by atomic mass is 28.4. The predicted molar refractivity (Wildman–Crippen MR) is 90.9 cm³/mol. The molecule has 2 aliphatic heterocycles. The van der Waals surface area contributed by atoms with Gasteiger partial charge >= 0.3 is 0 Å². The zero-order valence-corrected chi connectivity index (χ0v) is 16.5. The maximum atomic E-state index is 10.7. The number of ether oxygens (including phenoxy) is 3. The van der Waals surface area contributed by atoms with Gasteiger partial charge in [-0.3, -0.25) is 0 Å². The number of rotatable bonds is 6. The van der Waals surface area contributed by atoms with E-state index in [2.05, 4.69) is 33.9 Å². The van der Waals surface area contributed by atoms with Crippen LogP contribution in [0, 0.1) is 0 Å². The van der Waals surface area contributed by atoms with Crippen LogP contribution in [0.2, 0.25) is 18.1 Å². The Morgan fingerprint density at radius 1 is 1.13 bits per heavy atom. The van der Waals surface area contributed by atoms with E-state index in [1.165, 1.54) is 0 Å². The first kappa shape index (κ1) is 19.1.